The molecule has 0 spiro atoms. The van der Waals surface area contributed by atoms with Gasteiger partial charge in [-0.15, -0.1) is 0 Å². The molecule has 0 saturated carbocycles. The van der Waals surface area contributed by atoms with Gasteiger partial charge in [0.25, 0.3) is 10.0 Å². The molecular weight excluding hydrogens is 581 g/mol. The number of halogens is 2. The highest BCUT2D eigenvalue weighted by atomic mass is 35.5. The molecule has 10 heteroatoms. The molecule has 3 aromatic carbocycles. The molecule has 0 fully saturated rings. The van der Waals surface area contributed by atoms with Crippen molar-refractivity contribution in [2.45, 2.75) is 71.0 Å². The lowest BCUT2D eigenvalue weighted by atomic mass is 10.1. The molecule has 0 unspecified atom stereocenters. The Kier molecular flexibility index (Phi) is 11.2. The summed E-state index contributed by atoms with van der Waals surface area (Å²) in [5, 5.41) is 3.64. The summed E-state index contributed by atoms with van der Waals surface area (Å²) < 4.78 is 29.1. The Hall–Kier alpha value is -3.07. The molecule has 41 heavy (non-hydrogen) atoms. The Balaban J connectivity index is 2.12. The van der Waals surface area contributed by atoms with E-state index in [-0.39, 0.29) is 23.4 Å². The van der Waals surface area contributed by atoms with E-state index < -0.39 is 28.5 Å². The van der Waals surface area contributed by atoms with Crippen LogP contribution in [-0.2, 0) is 26.2 Å². The number of rotatable bonds is 12. The number of aryl methyl sites for hydroxylation is 2. The number of hydrogen-bond acceptors (Lipinski definition) is 4. The maximum Gasteiger partial charge on any atom is 0.264 e. The Morgan fingerprint density at radius 2 is 1.54 bits per heavy atom. The van der Waals surface area contributed by atoms with E-state index in [0.29, 0.717) is 39.7 Å². The summed E-state index contributed by atoms with van der Waals surface area (Å²) in [6.45, 7) is 8.75. The van der Waals surface area contributed by atoms with Crippen molar-refractivity contribution < 1.29 is 18.0 Å². The average Bonchev–Trinajstić information content (AvgIpc) is 2.93. The standard InChI is InChI=1S/C31H37Cl2N3O4S/c1-6-23(5)34-31(38)28(7-2)35(19-25-26(32)14-11-15-27(25)33)30(37)20-36(29-17-16-21(3)18-22(29)4)41(39,40)24-12-9-8-10-13-24/h8-18,23,28H,6-7,19-20H2,1-5H3,(H,34,38)/t23-,28-/m1/s1. The fraction of sp³-hybridized carbons (Fsp3) is 0.355. The topological polar surface area (TPSA) is 86.8 Å². The minimum absolute atomic E-state index is 0.0510. The zero-order chi connectivity index (χ0) is 30.3. The van der Waals surface area contributed by atoms with Crippen molar-refractivity contribution in [1.82, 2.24) is 10.2 Å². The van der Waals surface area contributed by atoms with E-state index in [0.717, 1.165) is 9.87 Å². The summed E-state index contributed by atoms with van der Waals surface area (Å²) in [4.78, 5) is 29.1. The molecule has 3 rings (SSSR count). The van der Waals surface area contributed by atoms with E-state index in [1.807, 2.05) is 26.8 Å². The lowest BCUT2D eigenvalue weighted by molar-refractivity contribution is -0.140. The third-order valence-electron chi connectivity index (χ3n) is 7.01. The number of carbonyl (C=O) groups is 2. The Morgan fingerprint density at radius 3 is 2.10 bits per heavy atom. The molecule has 0 aliphatic rings. The van der Waals surface area contributed by atoms with E-state index in [1.54, 1.807) is 62.4 Å². The number of amides is 2. The van der Waals surface area contributed by atoms with Gasteiger partial charge >= 0.3 is 0 Å². The Labute approximate surface area is 253 Å². The van der Waals surface area contributed by atoms with Gasteiger partial charge in [0.15, 0.2) is 0 Å². The number of sulfonamides is 1. The minimum atomic E-state index is -4.15. The van der Waals surface area contributed by atoms with E-state index in [1.165, 1.54) is 17.0 Å². The summed E-state index contributed by atoms with van der Waals surface area (Å²) in [5.74, 6) is -0.894. The second-order valence-electron chi connectivity index (χ2n) is 10.1. The van der Waals surface area contributed by atoms with Gasteiger partial charge in [0.1, 0.15) is 12.6 Å². The van der Waals surface area contributed by atoms with Gasteiger partial charge in [0.2, 0.25) is 11.8 Å². The monoisotopic (exact) mass is 617 g/mol. The van der Waals surface area contributed by atoms with E-state index >= 15 is 0 Å². The molecule has 2 amide bonds. The van der Waals surface area contributed by atoms with Crippen LogP contribution in [0.2, 0.25) is 10.0 Å². The van der Waals surface area contributed by atoms with Gasteiger partial charge in [0.05, 0.1) is 10.6 Å². The number of nitrogens with zero attached hydrogens (tertiary/aromatic N) is 2. The van der Waals surface area contributed by atoms with E-state index in [9.17, 15) is 18.0 Å². The minimum Gasteiger partial charge on any atom is -0.352 e. The Bertz CT molecular complexity index is 1460. The largest absolute Gasteiger partial charge is 0.352 e. The number of hydrogen-bond donors (Lipinski definition) is 1. The summed E-state index contributed by atoms with van der Waals surface area (Å²) in [6, 6.07) is 17.4. The van der Waals surface area contributed by atoms with Gasteiger partial charge in [-0.25, -0.2) is 8.42 Å². The molecule has 2 atom stereocenters. The van der Waals surface area contributed by atoms with Crippen LogP contribution in [0.25, 0.3) is 0 Å². The molecule has 0 aromatic heterocycles. The number of benzene rings is 3. The predicted octanol–water partition coefficient (Wildman–Crippen LogP) is 6.53. The maximum absolute atomic E-state index is 14.2. The van der Waals surface area contributed by atoms with Crippen LogP contribution in [0.1, 0.15) is 50.3 Å². The highest BCUT2D eigenvalue weighted by Crippen LogP contribution is 2.30. The SMILES string of the molecule is CC[C@@H](C)NC(=O)[C@@H](CC)N(Cc1c(Cl)cccc1Cl)C(=O)CN(c1ccc(C)cc1C)S(=O)(=O)c1ccccc1. The maximum atomic E-state index is 14.2. The lowest BCUT2D eigenvalue weighted by Gasteiger charge is -2.34. The number of anilines is 1. The zero-order valence-corrected chi connectivity index (χ0v) is 26.4. The van der Waals surface area contributed by atoms with Gasteiger partial charge < -0.3 is 10.2 Å². The van der Waals surface area contributed by atoms with E-state index in [4.69, 9.17) is 23.2 Å². The number of carbonyl (C=O) groups excluding carboxylic acids is 2. The molecule has 7 nitrogen and oxygen atoms in total. The van der Waals surface area contributed by atoms with Crippen LogP contribution < -0.4 is 9.62 Å². The van der Waals surface area contributed by atoms with Crippen molar-refractivity contribution in [3.05, 3.63) is 93.5 Å². The lowest BCUT2D eigenvalue weighted by Crippen LogP contribution is -2.53. The summed E-state index contributed by atoms with van der Waals surface area (Å²) >= 11 is 12.9. The quantitative estimate of drug-likeness (QED) is 0.250. The first-order valence-electron chi connectivity index (χ1n) is 13.6. The predicted molar refractivity (Wildman–Crippen MR) is 166 cm³/mol. The fourth-order valence-electron chi connectivity index (χ4n) is 4.53. The van der Waals surface area contributed by atoms with Crippen LogP contribution in [0, 0.1) is 13.8 Å². The van der Waals surface area contributed by atoms with Gasteiger partial charge in [-0.05, 0) is 69.5 Å². The first kappa shape index (κ1) is 32.4. The highest BCUT2D eigenvalue weighted by molar-refractivity contribution is 7.92. The van der Waals surface area contributed by atoms with Crippen LogP contribution >= 0.6 is 23.2 Å². The van der Waals surface area contributed by atoms with Crippen molar-refractivity contribution in [2.75, 3.05) is 10.8 Å². The third kappa shape index (κ3) is 7.82. The van der Waals surface area contributed by atoms with Crippen LogP contribution in [0.15, 0.2) is 71.6 Å². The van der Waals surface area contributed by atoms with Crippen LogP contribution in [0.5, 0.6) is 0 Å². The van der Waals surface area contributed by atoms with Crippen molar-refractivity contribution in [3.8, 4) is 0 Å². The summed E-state index contributed by atoms with van der Waals surface area (Å²) in [7, 11) is -4.15. The molecule has 220 valence electrons. The first-order valence-corrected chi connectivity index (χ1v) is 15.8. The van der Waals surface area contributed by atoms with E-state index in [2.05, 4.69) is 5.32 Å². The molecular formula is C31H37Cl2N3O4S. The third-order valence-corrected chi connectivity index (χ3v) is 9.49. The molecule has 0 radical (unpaired) electrons. The average molecular weight is 619 g/mol. The highest BCUT2D eigenvalue weighted by Gasteiger charge is 2.35. The van der Waals surface area contributed by atoms with Crippen LogP contribution in [0.4, 0.5) is 5.69 Å². The van der Waals surface area contributed by atoms with Crippen molar-refractivity contribution in [2.24, 2.45) is 0 Å². The van der Waals surface area contributed by atoms with Crippen molar-refractivity contribution in [3.63, 3.8) is 0 Å². The van der Waals surface area contributed by atoms with Crippen LogP contribution in [-0.4, -0.2) is 43.8 Å². The fourth-order valence-corrected chi connectivity index (χ4v) is 6.55. The Morgan fingerprint density at radius 1 is 0.902 bits per heavy atom. The summed E-state index contributed by atoms with van der Waals surface area (Å²) in [5.41, 5.74) is 2.50. The second-order valence-corrected chi connectivity index (χ2v) is 12.8. The normalized spacial score (nSPS) is 12.9. The molecule has 0 saturated heterocycles. The molecule has 0 bridgehead atoms. The first-order chi connectivity index (χ1) is 19.4. The van der Waals surface area contributed by atoms with Crippen LogP contribution in [0.3, 0.4) is 0 Å². The van der Waals surface area contributed by atoms with Gasteiger partial charge in [-0.2, -0.15) is 0 Å². The zero-order valence-electron chi connectivity index (χ0n) is 24.0. The molecule has 3 aromatic rings. The molecule has 0 heterocycles. The summed E-state index contributed by atoms with van der Waals surface area (Å²) in [6.07, 6.45) is 1.01. The van der Waals surface area contributed by atoms with Gasteiger partial charge in [0, 0.05) is 28.2 Å². The molecule has 0 aliphatic heterocycles. The van der Waals surface area contributed by atoms with Gasteiger partial charge in [-0.3, -0.25) is 13.9 Å². The number of nitrogens with one attached hydrogen (secondary N) is 1. The van der Waals surface area contributed by atoms with Crippen molar-refractivity contribution in [1.29, 1.82) is 0 Å². The molecule has 0 aliphatic carbocycles. The van der Waals surface area contributed by atoms with Gasteiger partial charge in [-0.1, -0.05) is 79.0 Å². The van der Waals surface area contributed by atoms with Crippen molar-refractivity contribution >= 4 is 50.7 Å². The second kappa shape index (κ2) is 14.2. The molecule has 1 N–H and O–H groups in total. The smallest absolute Gasteiger partial charge is 0.264 e.